The first-order valence-corrected chi connectivity index (χ1v) is 9.94. The summed E-state index contributed by atoms with van der Waals surface area (Å²) in [5.41, 5.74) is 3.92. The van der Waals surface area contributed by atoms with Crippen LogP contribution in [0.2, 0.25) is 0 Å². The molecule has 7 nitrogen and oxygen atoms in total. The number of aliphatic carboxylic acids is 2. The zero-order valence-corrected chi connectivity index (χ0v) is 17.5. The third-order valence-corrected chi connectivity index (χ3v) is 4.93. The molecule has 7 heteroatoms. The maximum Gasteiger partial charge on any atom is 0.414 e. The molecule has 0 bridgehead atoms. The minimum atomic E-state index is -1.82. The third kappa shape index (κ3) is 5.80. The fourth-order valence-corrected chi connectivity index (χ4v) is 3.44. The van der Waals surface area contributed by atoms with E-state index < -0.39 is 11.9 Å². The summed E-state index contributed by atoms with van der Waals surface area (Å²) in [5, 5.41) is 14.8. The van der Waals surface area contributed by atoms with E-state index in [-0.39, 0.29) is 11.9 Å². The summed E-state index contributed by atoms with van der Waals surface area (Å²) in [6.45, 7) is 1.79. The Hall–Kier alpha value is -3.97. The molecule has 1 unspecified atom stereocenters. The van der Waals surface area contributed by atoms with Crippen LogP contribution in [0.15, 0.2) is 78.9 Å². The first kappa shape index (κ1) is 22.7. The number of ether oxygens (including phenoxy) is 1. The fraction of sp³-hybridized carbons (Fsp3) is 0.160. The van der Waals surface area contributed by atoms with Crippen LogP contribution in [-0.2, 0) is 16.1 Å². The Morgan fingerprint density at radius 1 is 0.812 bits per heavy atom. The molecule has 0 aromatic heterocycles. The van der Waals surface area contributed by atoms with E-state index in [0.717, 1.165) is 18.8 Å². The molecule has 0 radical (unpaired) electrons. The number of fused-ring (bicyclic) bond motifs is 1. The number of benzene rings is 3. The van der Waals surface area contributed by atoms with Gasteiger partial charge in [0, 0.05) is 24.2 Å². The molecule has 0 saturated heterocycles. The number of likely N-dealkylation sites (N-methyl/N-ethyl adjacent to an activating group) is 1. The second-order valence-electron chi connectivity index (χ2n) is 7.33. The zero-order valence-electron chi connectivity index (χ0n) is 17.5. The molecule has 0 aliphatic carbocycles. The Labute approximate surface area is 185 Å². The van der Waals surface area contributed by atoms with Crippen LogP contribution in [0.1, 0.15) is 33.2 Å². The second-order valence-corrected chi connectivity index (χ2v) is 7.33. The van der Waals surface area contributed by atoms with Gasteiger partial charge in [-0.15, -0.1) is 0 Å². The van der Waals surface area contributed by atoms with Crippen LogP contribution in [0.4, 0.5) is 0 Å². The second kappa shape index (κ2) is 10.4. The summed E-state index contributed by atoms with van der Waals surface area (Å²) in [6.07, 6.45) is 0.000579. The molecule has 1 atom stereocenters. The lowest BCUT2D eigenvalue weighted by Gasteiger charge is -2.32. The summed E-state index contributed by atoms with van der Waals surface area (Å²) >= 11 is 0. The van der Waals surface area contributed by atoms with Crippen molar-refractivity contribution in [2.24, 2.45) is 0 Å². The SMILES string of the molecule is CN1Cc2ccccc2C(Oc2ccc(C(=O)c3ccccc3)cc2)C1.O=C(O)C(=O)O. The highest BCUT2D eigenvalue weighted by atomic mass is 16.5. The zero-order chi connectivity index (χ0) is 23.1. The van der Waals surface area contributed by atoms with Gasteiger partial charge < -0.3 is 14.9 Å². The van der Waals surface area contributed by atoms with Crippen molar-refractivity contribution >= 4 is 17.7 Å². The molecule has 2 N–H and O–H groups in total. The van der Waals surface area contributed by atoms with Crippen molar-refractivity contribution < 1.29 is 29.3 Å². The average molecular weight is 433 g/mol. The third-order valence-electron chi connectivity index (χ3n) is 4.93. The first-order valence-electron chi connectivity index (χ1n) is 9.94. The number of carboxylic acids is 2. The Bertz CT molecular complexity index is 1080. The molecule has 0 spiro atoms. The quantitative estimate of drug-likeness (QED) is 0.478. The highest BCUT2D eigenvalue weighted by molar-refractivity contribution is 6.27. The molecular weight excluding hydrogens is 410 g/mol. The van der Waals surface area contributed by atoms with Gasteiger partial charge in [-0.2, -0.15) is 0 Å². The van der Waals surface area contributed by atoms with Crippen LogP contribution in [0.5, 0.6) is 5.75 Å². The van der Waals surface area contributed by atoms with Crippen molar-refractivity contribution in [2.75, 3.05) is 13.6 Å². The van der Waals surface area contributed by atoms with Gasteiger partial charge in [0.05, 0.1) is 0 Å². The molecule has 3 aromatic rings. The van der Waals surface area contributed by atoms with E-state index in [0.29, 0.717) is 11.1 Å². The average Bonchev–Trinajstić information content (AvgIpc) is 2.80. The number of carbonyl (C=O) groups excluding carboxylic acids is 1. The van der Waals surface area contributed by atoms with Crippen LogP contribution >= 0.6 is 0 Å². The standard InChI is InChI=1S/C23H21NO2.C2H2O4/c1-24-15-19-9-5-6-10-21(19)22(16-24)26-20-13-11-18(12-14-20)23(25)17-7-3-2-4-8-17;3-1(4)2(5)6/h2-14,22H,15-16H2,1H3;(H,3,4)(H,5,6). The van der Waals surface area contributed by atoms with Gasteiger partial charge in [-0.1, -0.05) is 54.6 Å². The van der Waals surface area contributed by atoms with Crippen LogP contribution in [0, 0.1) is 0 Å². The van der Waals surface area contributed by atoms with Crippen molar-refractivity contribution in [1.29, 1.82) is 0 Å². The van der Waals surface area contributed by atoms with E-state index in [9.17, 15) is 4.79 Å². The summed E-state index contributed by atoms with van der Waals surface area (Å²) in [6, 6.07) is 25.2. The maximum atomic E-state index is 12.5. The Morgan fingerprint density at radius 2 is 1.38 bits per heavy atom. The van der Waals surface area contributed by atoms with E-state index >= 15 is 0 Å². The monoisotopic (exact) mass is 433 g/mol. The number of hydrogen-bond acceptors (Lipinski definition) is 5. The predicted octanol–water partition coefficient (Wildman–Crippen LogP) is 3.64. The maximum absolute atomic E-state index is 12.5. The lowest BCUT2D eigenvalue weighted by molar-refractivity contribution is -0.159. The number of ketones is 1. The number of hydrogen-bond donors (Lipinski definition) is 2. The van der Waals surface area contributed by atoms with Gasteiger partial charge in [0.2, 0.25) is 0 Å². The lowest BCUT2D eigenvalue weighted by Crippen LogP contribution is -2.32. The smallest absolute Gasteiger partial charge is 0.414 e. The van der Waals surface area contributed by atoms with Gasteiger partial charge in [-0.25, -0.2) is 9.59 Å². The van der Waals surface area contributed by atoms with Gasteiger partial charge in [0.15, 0.2) is 5.78 Å². The van der Waals surface area contributed by atoms with E-state index in [1.165, 1.54) is 11.1 Å². The molecule has 1 aliphatic heterocycles. The summed E-state index contributed by atoms with van der Waals surface area (Å²) in [4.78, 5) is 33.0. The van der Waals surface area contributed by atoms with Crippen molar-refractivity contribution in [3.8, 4) is 5.75 Å². The van der Waals surface area contributed by atoms with Crippen molar-refractivity contribution in [3.63, 3.8) is 0 Å². The van der Waals surface area contributed by atoms with Crippen molar-refractivity contribution in [3.05, 3.63) is 101 Å². The Kier molecular flexibility index (Phi) is 7.36. The van der Waals surface area contributed by atoms with Crippen LogP contribution in [0.3, 0.4) is 0 Å². The minimum Gasteiger partial charge on any atom is -0.484 e. The van der Waals surface area contributed by atoms with Crippen molar-refractivity contribution in [2.45, 2.75) is 12.6 Å². The molecule has 0 fully saturated rings. The van der Waals surface area contributed by atoms with E-state index in [1.54, 1.807) is 0 Å². The molecule has 0 saturated carbocycles. The van der Waals surface area contributed by atoms with Crippen LogP contribution in [-0.4, -0.2) is 46.4 Å². The molecule has 3 aromatic carbocycles. The minimum absolute atomic E-state index is 0.000579. The highest BCUT2D eigenvalue weighted by Crippen LogP contribution is 2.30. The van der Waals surface area contributed by atoms with Gasteiger partial charge in [0.25, 0.3) is 0 Å². The number of carbonyl (C=O) groups is 3. The largest absolute Gasteiger partial charge is 0.484 e. The first-order chi connectivity index (χ1) is 15.3. The number of rotatable bonds is 4. The lowest BCUT2D eigenvalue weighted by atomic mass is 9.97. The Morgan fingerprint density at radius 3 is 2.00 bits per heavy atom. The van der Waals surface area contributed by atoms with Gasteiger partial charge in [-0.3, -0.25) is 9.69 Å². The van der Waals surface area contributed by atoms with Gasteiger partial charge >= 0.3 is 11.9 Å². The number of carboxylic acid groups (broad SMARTS) is 2. The summed E-state index contributed by atoms with van der Waals surface area (Å²) < 4.78 is 6.24. The normalized spacial score (nSPS) is 15.0. The predicted molar refractivity (Wildman–Crippen MR) is 118 cm³/mol. The van der Waals surface area contributed by atoms with Gasteiger partial charge in [-0.05, 0) is 42.4 Å². The molecule has 0 amide bonds. The summed E-state index contributed by atoms with van der Waals surface area (Å²) in [5.74, 6) is -2.84. The van der Waals surface area contributed by atoms with Crippen molar-refractivity contribution in [1.82, 2.24) is 4.90 Å². The van der Waals surface area contributed by atoms with E-state index in [4.69, 9.17) is 24.5 Å². The molecule has 1 aliphatic rings. The van der Waals surface area contributed by atoms with Crippen LogP contribution in [0.25, 0.3) is 0 Å². The fourth-order valence-electron chi connectivity index (χ4n) is 3.44. The van der Waals surface area contributed by atoms with E-state index in [2.05, 4.69) is 36.2 Å². The topological polar surface area (TPSA) is 104 Å². The molecular formula is C25H23NO6. The summed E-state index contributed by atoms with van der Waals surface area (Å²) in [7, 11) is 2.11. The van der Waals surface area contributed by atoms with Gasteiger partial charge in [0.1, 0.15) is 11.9 Å². The molecule has 1 heterocycles. The highest BCUT2D eigenvalue weighted by Gasteiger charge is 2.24. The van der Waals surface area contributed by atoms with Crippen LogP contribution < -0.4 is 4.74 Å². The van der Waals surface area contributed by atoms with E-state index in [1.807, 2.05) is 54.6 Å². The Balaban J connectivity index is 0.000000427. The number of nitrogens with zero attached hydrogens (tertiary/aromatic N) is 1. The molecule has 4 rings (SSSR count). The molecule has 164 valence electrons. The molecule has 32 heavy (non-hydrogen) atoms.